The molecule has 1 aromatic heterocycles. The predicted octanol–water partition coefficient (Wildman–Crippen LogP) is 4.01. The number of aromatic nitrogens is 2. The summed E-state index contributed by atoms with van der Waals surface area (Å²) in [5.74, 6) is 2.18. The molecule has 0 radical (unpaired) electrons. The molecule has 0 atom stereocenters. The molecule has 2 aromatic carbocycles. The molecule has 0 aliphatic carbocycles. The van der Waals surface area contributed by atoms with E-state index in [2.05, 4.69) is 10.2 Å². The highest BCUT2D eigenvalue weighted by Gasteiger charge is 2.15. The second-order valence-corrected chi connectivity index (χ2v) is 6.05. The van der Waals surface area contributed by atoms with E-state index in [4.69, 9.17) is 18.9 Å². The third-order valence-corrected chi connectivity index (χ3v) is 4.35. The van der Waals surface area contributed by atoms with Crippen LogP contribution >= 0.6 is 0 Å². The molecule has 29 heavy (non-hydrogen) atoms. The minimum Gasteiger partial charge on any atom is -0.497 e. The standard InChI is InChI=1S/C22H22N2O5/c1-26-17-8-5-14(6-9-17)19(25)10-7-16-13-18(24-23-16)15-11-20(27-2)22(29-4)21(12-15)28-3/h5-13H,1-4H3,(H,23,24)/b10-7+. The van der Waals surface area contributed by atoms with Gasteiger partial charge in [0, 0.05) is 11.1 Å². The van der Waals surface area contributed by atoms with E-state index in [1.54, 1.807) is 58.8 Å². The lowest BCUT2D eigenvalue weighted by atomic mass is 10.1. The molecule has 3 aromatic rings. The summed E-state index contributed by atoms with van der Waals surface area (Å²) in [5.41, 5.74) is 2.74. The largest absolute Gasteiger partial charge is 0.497 e. The van der Waals surface area contributed by atoms with Gasteiger partial charge >= 0.3 is 0 Å². The number of carbonyl (C=O) groups excluding carboxylic acids is 1. The average Bonchev–Trinajstić information content (AvgIpc) is 3.25. The summed E-state index contributed by atoms with van der Waals surface area (Å²) < 4.78 is 21.2. The van der Waals surface area contributed by atoms with Gasteiger partial charge in [-0.25, -0.2) is 0 Å². The van der Waals surface area contributed by atoms with Gasteiger partial charge < -0.3 is 18.9 Å². The van der Waals surface area contributed by atoms with Gasteiger partial charge in [-0.3, -0.25) is 9.89 Å². The minimum absolute atomic E-state index is 0.114. The number of hydrogen-bond donors (Lipinski definition) is 1. The zero-order valence-corrected chi connectivity index (χ0v) is 16.7. The Labute approximate surface area is 168 Å². The maximum atomic E-state index is 12.3. The van der Waals surface area contributed by atoms with Crippen LogP contribution < -0.4 is 18.9 Å². The topological polar surface area (TPSA) is 82.7 Å². The highest BCUT2D eigenvalue weighted by molar-refractivity contribution is 6.06. The fourth-order valence-electron chi connectivity index (χ4n) is 2.82. The quantitative estimate of drug-likeness (QED) is 0.459. The lowest BCUT2D eigenvalue weighted by molar-refractivity contribution is 0.104. The number of rotatable bonds is 8. The summed E-state index contributed by atoms with van der Waals surface area (Å²) in [4.78, 5) is 12.3. The Kier molecular flexibility index (Phi) is 6.19. The SMILES string of the molecule is COc1ccc(C(=O)/C=C/c2cc(-c3cc(OC)c(OC)c(OC)c3)n[nH]2)cc1. The molecule has 0 saturated carbocycles. The summed E-state index contributed by atoms with van der Waals surface area (Å²) >= 11 is 0. The number of aromatic amines is 1. The van der Waals surface area contributed by atoms with Gasteiger partial charge in [0.2, 0.25) is 5.75 Å². The monoisotopic (exact) mass is 394 g/mol. The Hall–Kier alpha value is -3.74. The van der Waals surface area contributed by atoms with E-state index < -0.39 is 0 Å². The number of methoxy groups -OCH3 is 4. The number of nitrogens with one attached hydrogen (secondary N) is 1. The first kappa shape index (κ1) is 20.0. The molecule has 7 heteroatoms. The van der Waals surface area contributed by atoms with Crippen molar-refractivity contribution in [1.82, 2.24) is 10.2 Å². The number of carbonyl (C=O) groups is 1. The highest BCUT2D eigenvalue weighted by atomic mass is 16.5. The number of allylic oxidation sites excluding steroid dienone is 1. The Bertz CT molecular complexity index is 997. The van der Waals surface area contributed by atoms with Gasteiger partial charge in [0.15, 0.2) is 17.3 Å². The molecular weight excluding hydrogens is 372 g/mol. The van der Waals surface area contributed by atoms with Crippen LogP contribution in [-0.2, 0) is 0 Å². The first-order valence-corrected chi connectivity index (χ1v) is 8.81. The molecule has 0 amide bonds. The van der Waals surface area contributed by atoms with Crippen molar-refractivity contribution in [3.63, 3.8) is 0 Å². The third-order valence-electron chi connectivity index (χ3n) is 4.35. The minimum atomic E-state index is -0.114. The lowest BCUT2D eigenvalue weighted by Gasteiger charge is -2.13. The Morgan fingerprint density at radius 1 is 0.897 bits per heavy atom. The average molecular weight is 394 g/mol. The van der Waals surface area contributed by atoms with Crippen molar-refractivity contribution in [2.24, 2.45) is 0 Å². The second-order valence-electron chi connectivity index (χ2n) is 6.05. The van der Waals surface area contributed by atoms with Crippen molar-refractivity contribution in [1.29, 1.82) is 0 Å². The smallest absolute Gasteiger partial charge is 0.203 e. The van der Waals surface area contributed by atoms with E-state index in [1.165, 1.54) is 6.08 Å². The highest BCUT2D eigenvalue weighted by Crippen LogP contribution is 2.40. The van der Waals surface area contributed by atoms with Gasteiger partial charge in [0.1, 0.15) is 5.75 Å². The van der Waals surface area contributed by atoms with Crippen LogP contribution in [0.5, 0.6) is 23.0 Å². The van der Waals surface area contributed by atoms with Crippen LogP contribution in [0.2, 0.25) is 0 Å². The zero-order chi connectivity index (χ0) is 20.8. The van der Waals surface area contributed by atoms with Crippen LogP contribution in [0.25, 0.3) is 17.3 Å². The third kappa shape index (κ3) is 4.40. The number of H-pyrrole nitrogens is 1. The van der Waals surface area contributed by atoms with Crippen LogP contribution in [-0.4, -0.2) is 44.4 Å². The predicted molar refractivity (Wildman–Crippen MR) is 110 cm³/mol. The van der Waals surface area contributed by atoms with Gasteiger partial charge in [-0.2, -0.15) is 5.10 Å². The maximum Gasteiger partial charge on any atom is 0.203 e. The van der Waals surface area contributed by atoms with E-state index in [1.807, 2.05) is 18.2 Å². The summed E-state index contributed by atoms with van der Waals surface area (Å²) in [6.07, 6.45) is 3.18. The maximum absolute atomic E-state index is 12.3. The molecule has 0 aliphatic rings. The van der Waals surface area contributed by atoms with Crippen LogP contribution in [0.1, 0.15) is 16.1 Å². The normalized spacial score (nSPS) is 10.8. The van der Waals surface area contributed by atoms with Gasteiger partial charge in [-0.15, -0.1) is 0 Å². The van der Waals surface area contributed by atoms with E-state index >= 15 is 0 Å². The number of benzene rings is 2. The molecule has 7 nitrogen and oxygen atoms in total. The van der Waals surface area contributed by atoms with Gasteiger partial charge in [0.05, 0.1) is 39.8 Å². The second kappa shape index (κ2) is 8.97. The van der Waals surface area contributed by atoms with Crippen molar-refractivity contribution in [3.8, 4) is 34.3 Å². The molecule has 1 heterocycles. The van der Waals surface area contributed by atoms with Crippen LogP contribution in [0.3, 0.4) is 0 Å². The van der Waals surface area contributed by atoms with Gasteiger partial charge in [-0.1, -0.05) is 0 Å². The van der Waals surface area contributed by atoms with Crippen LogP contribution in [0.15, 0.2) is 48.5 Å². The molecular formula is C22H22N2O5. The molecule has 3 rings (SSSR count). The fraction of sp³-hybridized carbons (Fsp3) is 0.182. The van der Waals surface area contributed by atoms with Crippen molar-refractivity contribution in [2.45, 2.75) is 0 Å². The van der Waals surface area contributed by atoms with Gasteiger partial charge in [0.25, 0.3) is 0 Å². The zero-order valence-electron chi connectivity index (χ0n) is 16.7. The molecule has 0 fully saturated rings. The summed E-state index contributed by atoms with van der Waals surface area (Å²) in [6.45, 7) is 0. The molecule has 0 spiro atoms. The van der Waals surface area contributed by atoms with E-state index in [9.17, 15) is 4.79 Å². The van der Waals surface area contributed by atoms with Crippen LogP contribution in [0, 0.1) is 0 Å². The van der Waals surface area contributed by atoms with Crippen molar-refractivity contribution >= 4 is 11.9 Å². The summed E-state index contributed by atoms with van der Waals surface area (Å²) in [6, 6.07) is 12.4. The first-order valence-electron chi connectivity index (χ1n) is 8.81. The number of ketones is 1. The Balaban J connectivity index is 1.81. The fourth-order valence-corrected chi connectivity index (χ4v) is 2.82. The van der Waals surface area contributed by atoms with E-state index in [0.29, 0.717) is 39.9 Å². The summed E-state index contributed by atoms with van der Waals surface area (Å²) in [5, 5.41) is 7.22. The first-order chi connectivity index (χ1) is 14.1. The molecule has 150 valence electrons. The Morgan fingerprint density at radius 3 is 2.10 bits per heavy atom. The molecule has 0 aliphatic heterocycles. The number of nitrogens with zero attached hydrogens (tertiary/aromatic N) is 1. The molecule has 1 N–H and O–H groups in total. The molecule has 0 unspecified atom stereocenters. The molecule has 0 bridgehead atoms. The van der Waals surface area contributed by atoms with E-state index in [0.717, 1.165) is 5.56 Å². The van der Waals surface area contributed by atoms with Crippen LogP contribution in [0.4, 0.5) is 0 Å². The number of hydrogen-bond acceptors (Lipinski definition) is 6. The molecule has 0 saturated heterocycles. The summed E-state index contributed by atoms with van der Waals surface area (Å²) in [7, 11) is 6.26. The number of ether oxygens (including phenoxy) is 4. The van der Waals surface area contributed by atoms with E-state index in [-0.39, 0.29) is 5.78 Å². The Morgan fingerprint density at radius 2 is 1.55 bits per heavy atom. The van der Waals surface area contributed by atoms with Crippen molar-refractivity contribution in [2.75, 3.05) is 28.4 Å². The van der Waals surface area contributed by atoms with Gasteiger partial charge in [-0.05, 0) is 54.6 Å². The van der Waals surface area contributed by atoms with Crippen molar-refractivity contribution < 1.29 is 23.7 Å². The lowest BCUT2D eigenvalue weighted by Crippen LogP contribution is -1.95. The van der Waals surface area contributed by atoms with Crippen molar-refractivity contribution in [3.05, 3.63) is 59.8 Å².